The Bertz CT molecular complexity index is 1120. The van der Waals surface area contributed by atoms with Gasteiger partial charge in [-0.25, -0.2) is 4.85 Å². The van der Waals surface area contributed by atoms with Crippen LogP contribution in [0.25, 0.3) is 4.85 Å². The molecule has 2 amide bonds. The smallest absolute Gasteiger partial charge is 0.275 e. The van der Waals surface area contributed by atoms with Crippen LogP contribution in [-0.2, 0) is 9.59 Å². The van der Waals surface area contributed by atoms with E-state index in [1.807, 2.05) is 0 Å². The van der Waals surface area contributed by atoms with E-state index < -0.39 is 5.66 Å². The number of carbonyl (C=O) groups excluding carboxylic acids is 2. The Morgan fingerprint density at radius 2 is 1.97 bits per heavy atom. The number of carbonyl (C=O) groups is 2. The van der Waals surface area contributed by atoms with Gasteiger partial charge in [-0.05, 0) is 49.9 Å². The van der Waals surface area contributed by atoms with Crippen molar-refractivity contribution in [3.05, 3.63) is 71.1 Å². The first-order valence-electron chi connectivity index (χ1n) is 9.74. The van der Waals surface area contributed by atoms with Crippen LogP contribution in [0.3, 0.4) is 0 Å². The summed E-state index contributed by atoms with van der Waals surface area (Å²) in [6.45, 7) is 6.99. The maximum Gasteiger partial charge on any atom is 0.275 e. The number of rotatable bonds is 4. The van der Waals surface area contributed by atoms with Gasteiger partial charge >= 0.3 is 0 Å². The lowest BCUT2D eigenvalue weighted by Gasteiger charge is -2.32. The van der Waals surface area contributed by atoms with Crippen molar-refractivity contribution in [1.82, 2.24) is 4.90 Å². The lowest BCUT2D eigenvalue weighted by Crippen LogP contribution is -2.48. The Labute approximate surface area is 174 Å². The Hall–Kier alpha value is -3.97. The van der Waals surface area contributed by atoms with Gasteiger partial charge < -0.3 is 10.2 Å². The molecule has 2 aliphatic rings. The van der Waals surface area contributed by atoms with E-state index in [-0.39, 0.29) is 18.4 Å². The number of hydrogen-bond donors (Lipinski definition) is 1. The molecule has 30 heavy (non-hydrogen) atoms. The highest BCUT2D eigenvalue weighted by molar-refractivity contribution is 6.47. The molecule has 2 aromatic carbocycles. The molecule has 2 aromatic rings. The molecule has 1 aliphatic carbocycles. The van der Waals surface area contributed by atoms with E-state index in [0.29, 0.717) is 28.2 Å². The lowest BCUT2D eigenvalue weighted by molar-refractivity contribution is -0.132. The third kappa shape index (κ3) is 3.54. The molecule has 1 spiro atoms. The Balaban J connectivity index is 1.56. The first-order valence-corrected chi connectivity index (χ1v) is 9.74. The van der Waals surface area contributed by atoms with Crippen molar-refractivity contribution < 1.29 is 9.59 Å². The van der Waals surface area contributed by atoms with Crippen molar-refractivity contribution in [3.8, 4) is 6.07 Å². The Morgan fingerprint density at radius 1 is 1.23 bits per heavy atom. The normalized spacial score (nSPS) is 16.8. The quantitative estimate of drug-likeness (QED) is 0.799. The summed E-state index contributed by atoms with van der Waals surface area (Å²) >= 11 is 0. The molecule has 7 heteroatoms. The Kier molecular flexibility index (Phi) is 5.04. The van der Waals surface area contributed by atoms with Crippen molar-refractivity contribution in [2.45, 2.75) is 31.3 Å². The molecule has 0 bridgehead atoms. The molecule has 0 atom stereocenters. The zero-order chi connectivity index (χ0) is 21.1. The number of hydrogen-bond acceptors (Lipinski definition) is 4. The summed E-state index contributed by atoms with van der Waals surface area (Å²) in [5.41, 5.74) is 1.77. The standard InChI is InChI=1S/C23H19N5O2/c1-25-18-5-4-6-19(13-18)26-20(29)15-28-22(30)21(27-23(28)11-2-3-12-23)17-9-7-16(14-24)8-10-17/h4-10,13H,2-3,11-12,15H2,(H,26,29). The molecule has 7 nitrogen and oxygen atoms in total. The van der Waals surface area contributed by atoms with E-state index in [9.17, 15) is 9.59 Å². The Morgan fingerprint density at radius 3 is 2.63 bits per heavy atom. The van der Waals surface area contributed by atoms with Crippen LogP contribution in [0.2, 0.25) is 0 Å². The van der Waals surface area contributed by atoms with Crippen molar-refractivity contribution in [2.24, 2.45) is 4.99 Å². The topological polar surface area (TPSA) is 89.9 Å². The van der Waals surface area contributed by atoms with Crippen LogP contribution in [0.1, 0.15) is 36.8 Å². The monoisotopic (exact) mass is 397 g/mol. The van der Waals surface area contributed by atoms with Crippen LogP contribution in [-0.4, -0.2) is 34.6 Å². The second kappa shape index (κ2) is 7.81. The highest BCUT2D eigenvalue weighted by atomic mass is 16.2. The zero-order valence-electron chi connectivity index (χ0n) is 16.3. The number of aliphatic imine (C=N–C) groups is 1. The summed E-state index contributed by atoms with van der Waals surface area (Å²) in [5, 5.41) is 11.8. The van der Waals surface area contributed by atoms with Crippen LogP contribution >= 0.6 is 0 Å². The average molecular weight is 397 g/mol. The van der Waals surface area contributed by atoms with E-state index in [4.69, 9.17) is 16.8 Å². The van der Waals surface area contributed by atoms with Crippen molar-refractivity contribution in [1.29, 1.82) is 5.26 Å². The van der Waals surface area contributed by atoms with Crippen LogP contribution < -0.4 is 5.32 Å². The lowest BCUT2D eigenvalue weighted by atomic mass is 10.1. The van der Waals surface area contributed by atoms with E-state index >= 15 is 0 Å². The van der Waals surface area contributed by atoms with Gasteiger partial charge in [0.1, 0.15) is 17.9 Å². The first-order chi connectivity index (χ1) is 14.5. The second-order valence-electron chi connectivity index (χ2n) is 7.44. The van der Waals surface area contributed by atoms with Crippen LogP contribution in [0, 0.1) is 17.9 Å². The van der Waals surface area contributed by atoms with E-state index in [1.54, 1.807) is 53.4 Å². The third-order valence-corrected chi connectivity index (χ3v) is 5.52. The van der Waals surface area contributed by atoms with Crippen LogP contribution in [0.15, 0.2) is 53.5 Å². The molecule has 1 saturated carbocycles. The van der Waals surface area contributed by atoms with Gasteiger partial charge in [0.05, 0.1) is 18.2 Å². The molecular weight excluding hydrogens is 378 g/mol. The molecule has 1 N–H and O–H groups in total. The fourth-order valence-corrected chi connectivity index (χ4v) is 4.06. The van der Waals surface area contributed by atoms with Crippen LogP contribution in [0.4, 0.5) is 11.4 Å². The maximum absolute atomic E-state index is 13.2. The number of nitrogens with one attached hydrogen (secondary N) is 1. The summed E-state index contributed by atoms with van der Waals surface area (Å²) < 4.78 is 0. The highest BCUT2D eigenvalue weighted by Gasteiger charge is 2.49. The van der Waals surface area contributed by atoms with Gasteiger partial charge in [0.2, 0.25) is 5.91 Å². The summed E-state index contributed by atoms with van der Waals surface area (Å²) in [6.07, 6.45) is 3.34. The van der Waals surface area contributed by atoms with Crippen molar-refractivity contribution in [3.63, 3.8) is 0 Å². The predicted molar refractivity (Wildman–Crippen MR) is 112 cm³/mol. The maximum atomic E-state index is 13.2. The number of nitrogens with zero attached hydrogens (tertiary/aromatic N) is 4. The number of benzene rings is 2. The van der Waals surface area contributed by atoms with Gasteiger partial charge in [-0.2, -0.15) is 5.26 Å². The molecule has 4 rings (SSSR count). The van der Waals surface area contributed by atoms with Gasteiger partial charge in [0.25, 0.3) is 5.91 Å². The van der Waals surface area contributed by atoms with E-state index in [0.717, 1.165) is 25.7 Å². The average Bonchev–Trinajstić information content (AvgIpc) is 3.34. The summed E-state index contributed by atoms with van der Waals surface area (Å²) in [7, 11) is 0. The zero-order valence-corrected chi connectivity index (χ0v) is 16.3. The largest absolute Gasteiger partial charge is 0.326 e. The molecule has 0 unspecified atom stereocenters. The number of amides is 2. The molecule has 1 fully saturated rings. The molecule has 0 saturated heterocycles. The highest BCUT2D eigenvalue weighted by Crippen LogP contribution is 2.41. The predicted octanol–water partition coefficient (Wildman–Crippen LogP) is 3.65. The molecule has 1 aliphatic heterocycles. The van der Waals surface area contributed by atoms with Crippen molar-refractivity contribution >= 4 is 28.9 Å². The molecule has 148 valence electrons. The van der Waals surface area contributed by atoms with Gasteiger partial charge in [0, 0.05) is 11.3 Å². The number of nitriles is 1. The molecule has 0 radical (unpaired) electrons. The summed E-state index contributed by atoms with van der Waals surface area (Å²) in [4.78, 5) is 35.7. The minimum Gasteiger partial charge on any atom is -0.326 e. The number of anilines is 1. The van der Waals surface area contributed by atoms with Gasteiger partial charge in [-0.1, -0.05) is 24.3 Å². The van der Waals surface area contributed by atoms with E-state index in [1.165, 1.54) is 0 Å². The molecule has 0 aromatic heterocycles. The second-order valence-corrected chi connectivity index (χ2v) is 7.44. The SMILES string of the molecule is [C-]#[N+]c1cccc(NC(=O)CN2C(=O)C(c3ccc(C#N)cc3)=NC23CCCC3)c1. The van der Waals surface area contributed by atoms with E-state index in [2.05, 4.69) is 16.2 Å². The van der Waals surface area contributed by atoms with Crippen LogP contribution in [0.5, 0.6) is 0 Å². The first kappa shape index (κ1) is 19.4. The van der Waals surface area contributed by atoms with Gasteiger partial charge in [-0.15, -0.1) is 0 Å². The summed E-state index contributed by atoms with van der Waals surface area (Å²) in [6, 6.07) is 15.5. The summed E-state index contributed by atoms with van der Waals surface area (Å²) in [5.74, 6) is -0.597. The fourth-order valence-electron chi connectivity index (χ4n) is 4.06. The van der Waals surface area contributed by atoms with Gasteiger partial charge in [0.15, 0.2) is 5.69 Å². The van der Waals surface area contributed by atoms with Crippen molar-refractivity contribution in [2.75, 3.05) is 11.9 Å². The van der Waals surface area contributed by atoms with Gasteiger partial charge in [-0.3, -0.25) is 14.6 Å². The molecular formula is C23H19N5O2. The third-order valence-electron chi connectivity index (χ3n) is 5.52. The fraction of sp³-hybridized carbons (Fsp3) is 0.261. The molecule has 1 heterocycles. The minimum atomic E-state index is -0.685. The minimum absolute atomic E-state index is 0.107.